The smallest absolute Gasteiger partial charge is 0.213 e. The Labute approximate surface area is 87.7 Å². The third-order valence-electron chi connectivity index (χ3n) is 2.05. The van der Waals surface area contributed by atoms with E-state index in [-0.39, 0.29) is 5.75 Å². The maximum Gasteiger partial charge on any atom is 0.213 e. The molecule has 0 aliphatic rings. The minimum absolute atomic E-state index is 0.233. The van der Waals surface area contributed by atoms with Crippen molar-refractivity contribution in [1.82, 2.24) is 9.62 Å². The molecule has 0 aliphatic carbocycles. The van der Waals surface area contributed by atoms with Crippen molar-refractivity contribution in [1.29, 1.82) is 0 Å². The van der Waals surface area contributed by atoms with Crippen LogP contribution < -0.4 is 5.32 Å². The molecule has 0 heterocycles. The average molecular weight is 222 g/mol. The normalized spacial score (nSPS) is 12.7. The fourth-order valence-corrected chi connectivity index (χ4v) is 2.21. The number of hydrogen-bond donors (Lipinski definition) is 1. The largest absolute Gasteiger partial charge is 0.314 e. The van der Waals surface area contributed by atoms with Gasteiger partial charge in [0, 0.05) is 19.6 Å². The molecule has 0 fully saturated rings. The van der Waals surface area contributed by atoms with E-state index in [1.165, 1.54) is 4.31 Å². The summed E-state index contributed by atoms with van der Waals surface area (Å²) in [6.07, 6.45) is 0.671. The van der Waals surface area contributed by atoms with E-state index in [0.29, 0.717) is 19.0 Å². The monoisotopic (exact) mass is 222 g/mol. The molecule has 0 atom stereocenters. The van der Waals surface area contributed by atoms with E-state index in [4.69, 9.17) is 0 Å². The fraction of sp³-hybridized carbons (Fsp3) is 1.00. The van der Waals surface area contributed by atoms with Gasteiger partial charge in [0.2, 0.25) is 10.0 Å². The molecule has 0 amide bonds. The number of nitrogens with one attached hydrogen (secondary N) is 1. The Balaban J connectivity index is 3.78. The van der Waals surface area contributed by atoms with E-state index < -0.39 is 10.0 Å². The Morgan fingerprint density at radius 3 is 2.36 bits per heavy atom. The number of sulfonamides is 1. The van der Waals surface area contributed by atoms with Crippen molar-refractivity contribution in [2.75, 3.05) is 25.9 Å². The lowest BCUT2D eigenvalue weighted by atomic mass is 10.4. The maximum atomic E-state index is 11.5. The van der Waals surface area contributed by atoms with Gasteiger partial charge >= 0.3 is 0 Å². The molecule has 0 saturated heterocycles. The van der Waals surface area contributed by atoms with E-state index in [2.05, 4.69) is 5.32 Å². The highest BCUT2D eigenvalue weighted by atomic mass is 32.2. The van der Waals surface area contributed by atoms with Crippen LogP contribution in [0.4, 0.5) is 0 Å². The molecule has 0 rings (SSSR count). The van der Waals surface area contributed by atoms with Crippen molar-refractivity contribution in [3.05, 3.63) is 0 Å². The molecule has 14 heavy (non-hydrogen) atoms. The summed E-state index contributed by atoms with van der Waals surface area (Å²) in [5, 5.41) is 3.19. The quantitative estimate of drug-likeness (QED) is 0.644. The molecule has 4 nitrogen and oxygen atoms in total. The zero-order valence-electron chi connectivity index (χ0n) is 9.58. The van der Waals surface area contributed by atoms with E-state index in [1.54, 1.807) is 7.05 Å². The van der Waals surface area contributed by atoms with E-state index >= 15 is 0 Å². The fourth-order valence-electron chi connectivity index (χ4n) is 0.998. The summed E-state index contributed by atoms with van der Waals surface area (Å²) in [4.78, 5) is 0. The van der Waals surface area contributed by atoms with Gasteiger partial charge in [-0.3, -0.25) is 0 Å². The second-order valence-electron chi connectivity index (χ2n) is 3.69. The molecule has 86 valence electrons. The van der Waals surface area contributed by atoms with E-state index in [0.717, 1.165) is 6.54 Å². The number of nitrogens with zero attached hydrogens (tertiary/aromatic N) is 1. The van der Waals surface area contributed by atoms with Crippen LogP contribution in [-0.4, -0.2) is 44.7 Å². The summed E-state index contributed by atoms with van der Waals surface area (Å²) in [6.45, 7) is 7.23. The first kappa shape index (κ1) is 13.9. The highest BCUT2D eigenvalue weighted by Crippen LogP contribution is 1.99. The molecule has 0 aromatic carbocycles. The first-order valence-electron chi connectivity index (χ1n) is 5.07. The summed E-state index contributed by atoms with van der Waals surface area (Å²) >= 11 is 0. The molecular formula is C9H22N2O2S. The molecule has 0 unspecified atom stereocenters. The zero-order chi connectivity index (χ0) is 11.2. The van der Waals surface area contributed by atoms with Crippen LogP contribution in [0.1, 0.15) is 27.2 Å². The van der Waals surface area contributed by atoms with Crippen LogP contribution in [0.5, 0.6) is 0 Å². The molecule has 1 N–H and O–H groups in total. The minimum atomic E-state index is -3.01. The van der Waals surface area contributed by atoms with Crippen molar-refractivity contribution in [2.45, 2.75) is 33.2 Å². The number of rotatable bonds is 7. The average Bonchev–Trinajstić information content (AvgIpc) is 2.10. The molecule has 0 aliphatic heterocycles. The SMILES string of the molecule is CCN(C)S(=O)(=O)CCCNC(C)C. The summed E-state index contributed by atoms with van der Waals surface area (Å²) in [6, 6.07) is 0.418. The van der Waals surface area contributed by atoms with Crippen molar-refractivity contribution in [2.24, 2.45) is 0 Å². The van der Waals surface area contributed by atoms with Gasteiger partial charge in [0.25, 0.3) is 0 Å². The van der Waals surface area contributed by atoms with Gasteiger partial charge in [-0.05, 0) is 13.0 Å². The highest BCUT2D eigenvalue weighted by molar-refractivity contribution is 7.89. The second-order valence-corrected chi connectivity index (χ2v) is 5.89. The molecule has 0 bridgehead atoms. The molecule has 0 radical (unpaired) electrons. The first-order chi connectivity index (χ1) is 6.40. The van der Waals surface area contributed by atoms with E-state index in [1.807, 2.05) is 20.8 Å². The maximum absolute atomic E-state index is 11.5. The summed E-state index contributed by atoms with van der Waals surface area (Å²) in [5.74, 6) is 0.233. The third-order valence-corrected chi connectivity index (χ3v) is 4.06. The Hall–Kier alpha value is -0.130. The molecule has 0 aromatic rings. The van der Waals surface area contributed by atoms with Gasteiger partial charge in [-0.25, -0.2) is 12.7 Å². The predicted molar refractivity (Wildman–Crippen MR) is 59.8 cm³/mol. The van der Waals surface area contributed by atoms with Gasteiger partial charge in [-0.2, -0.15) is 0 Å². The lowest BCUT2D eigenvalue weighted by Crippen LogP contribution is -2.31. The van der Waals surface area contributed by atoms with Crippen LogP contribution in [0.2, 0.25) is 0 Å². The Morgan fingerprint density at radius 2 is 1.93 bits per heavy atom. The molecular weight excluding hydrogens is 200 g/mol. The standard InChI is InChI=1S/C9H22N2O2S/c1-5-11(4)14(12,13)8-6-7-10-9(2)3/h9-10H,5-8H2,1-4H3. The lowest BCUT2D eigenvalue weighted by molar-refractivity contribution is 0.482. The van der Waals surface area contributed by atoms with Crippen molar-refractivity contribution in [3.8, 4) is 0 Å². The molecule has 5 heteroatoms. The minimum Gasteiger partial charge on any atom is -0.314 e. The van der Waals surface area contributed by atoms with Crippen molar-refractivity contribution in [3.63, 3.8) is 0 Å². The van der Waals surface area contributed by atoms with Gasteiger partial charge in [-0.15, -0.1) is 0 Å². The van der Waals surface area contributed by atoms with Gasteiger partial charge < -0.3 is 5.32 Å². The van der Waals surface area contributed by atoms with Crippen LogP contribution in [0, 0.1) is 0 Å². The Morgan fingerprint density at radius 1 is 1.36 bits per heavy atom. The van der Waals surface area contributed by atoms with Crippen LogP contribution >= 0.6 is 0 Å². The van der Waals surface area contributed by atoms with Crippen molar-refractivity contribution < 1.29 is 8.42 Å². The van der Waals surface area contributed by atoms with Crippen molar-refractivity contribution >= 4 is 10.0 Å². The number of hydrogen-bond acceptors (Lipinski definition) is 3. The van der Waals surface area contributed by atoms with Gasteiger partial charge in [0.05, 0.1) is 5.75 Å². The Kier molecular flexibility index (Phi) is 6.31. The summed E-state index contributed by atoms with van der Waals surface area (Å²) in [5.41, 5.74) is 0. The highest BCUT2D eigenvalue weighted by Gasteiger charge is 2.14. The third kappa shape index (κ3) is 5.57. The predicted octanol–water partition coefficient (Wildman–Crippen LogP) is 0.656. The first-order valence-corrected chi connectivity index (χ1v) is 6.68. The van der Waals surface area contributed by atoms with Gasteiger partial charge in [0.15, 0.2) is 0 Å². The molecule has 0 aromatic heterocycles. The topological polar surface area (TPSA) is 49.4 Å². The van der Waals surface area contributed by atoms with Gasteiger partial charge in [-0.1, -0.05) is 20.8 Å². The van der Waals surface area contributed by atoms with Gasteiger partial charge in [0.1, 0.15) is 0 Å². The van der Waals surface area contributed by atoms with E-state index in [9.17, 15) is 8.42 Å². The second kappa shape index (κ2) is 6.37. The lowest BCUT2D eigenvalue weighted by Gasteiger charge is -2.15. The van der Waals surface area contributed by atoms with Crippen LogP contribution in [-0.2, 0) is 10.0 Å². The molecule has 0 saturated carbocycles. The van der Waals surface area contributed by atoms with Crippen LogP contribution in [0.3, 0.4) is 0 Å². The van der Waals surface area contributed by atoms with Crippen LogP contribution in [0.15, 0.2) is 0 Å². The summed E-state index contributed by atoms with van der Waals surface area (Å²) in [7, 11) is -1.40. The zero-order valence-corrected chi connectivity index (χ0v) is 10.4. The summed E-state index contributed by atoms with van der Waals surface area (Å²) < 4.78 is 24.4. The molecule has 0 spiro atoms. The van der Waals surface area contributed by atoms with Crippen LogP contribution in [0.25, 0.3) is 0 Å². The Bertz CT molecular complexity index is 237.